The highest BCUT2D eigenvalue weighted by Gasteiger charge is 2.42. The number of ketones is 1. The normalized spacial score (nSPS) is 18.8. The van der Waals surface area contributed by atoms with E-state index in [2.05, 4.69) is 49.3 Å². The molecule has 0 spiro atoms. The number of aryl methyl sites for hydroxylation is 2. The number of carbonyl (C=O) groups excluding carboxylic acids is 1. The molecule has 5 rings (SSSR count). The predicted octanol–water partition coefficient (Wildman–Crippen LogP) is 5.88. The highest BCUT2D eigenvalue weighted by atomic mass is 32.2. The summed E-state index contributed by atoms with van der Waals surface area (Å²) in [7, 11) is 0. The van der Waals surface area contributed by atoms with Gasteiger partial charge in [-0.15, -0.1) is 0 Å². The van der Waals surface area contributed by atoms with Crippen LogP contribution in [0, 0.1) is 19.3 Å². The minimum absolute atomic E-state index is 0.104. The predicted molar refractivity (Wildman–Crippen MR) is 137 cm³/mol. The molecule has 6 heteroatoms. The molecular formula is C28H29N3O2S. The lowest BCUT2D eigenvalue weighted by atomic mass is 9.69. The van der Waals surface area contributed by atoms with E-state index in [0.717, 1.165) is 23.2 Å². The minimum Gasteiger partial charge on any atom is -0.343 e. The van der Waals surface area contributed by atoms with Crippen molar-refractivity contribution in [1.82, 2.24) is 9.97 Å². The number of thioether (sulfide) groups is 1. The molecule has 2 aromatic carbocycles. The Bertz CT molecular complexity index is 1370. The zero-order valence-electron chi connectivity index (χ0n) is 20.0. The number of allylic oxidation sites excluding steroid dienone is 2. The van der Waals surface area contributed by atoms with Gasteiger partial charge in [0.05, 0.1) is 5.56 Å². The number of benzene rings is 2. The van der Waals surface area contributed by atoms with E-state index in [4.69, 9.17) is 4.98 Å². The Morgan fingerprint density at radius 2 is 1.79 bits per heavy atom. The monoisotopic (exact) mass is 471 g/mol. The molecule has 5 nitrogen and oxygen atoms in total. The number of fused-ring (bicyclic) bond motifs is 1. The molecule has 0 saturated heterocycles. The summed E-state index contributed by atoms with van der Waals surface area (Å²) in [6.07, 6.45) is 1.22. The number of anilines is 1. The third-order valence-electron chi connectivity index (χ3n) is 6.57. The van der Waals surface area contributed by atoms with E-state index in [9.17, 15) is 9.59 Å². The van der Waals surface area contributed by atoms with Gasteiger partial charge < -0.3 is 10.3 Å². The lowest BCUT2D eigenvalue weighted by Gasteiger charge is -2.38. The van der Waals surface area contributed by atoms with Crippen molar-refractivity contribution in [3.05, 3.63) is 98.0 Å². The molecule has 1 aliphatic heterocycles. The Labute approximate surface area is 204 Å². The van der Waals surface area contributed by atoms with Gasteiger partial charge in [-0.1, -0.05) is 85.3 Å². The number of aromatic amines is 1. The average molecular weight is 472 g/mol. The van der Waals surface area contributed by atoms with Crippen LogP contribution in [0.15, 0.2) is 69.8 Å². The first-order chi connectivity index (χ1) is 16.2. The van der Waals surface area contributed by atoms with Gasteiger partial charge in [-0.2, -0.15) is 0 Å². The van der Waals surface area contributed by atoms with Crippen molar-refractivity contribution in [1.29, 1.82) is 0 Å². The molecule has 174 valence electrons. The first-order valence-corrected chi connectivity index (χ1v) is 12.6. The molecule has 0 amide bonds. The van der Waals surface area contributed by atoms with Gasteiger partial charge >= 0.3 is 0 Å². The van der Waals surface area contributed by atoms with E-state index in [1.54, 1.807) is 0 Å². The van der Waals surface area contributed by atoms with Gasteiger partial charge in [-0.25, -0.2) is 4.98 Å². The van der Waals surface area contributed by atoms with Gasteiger partial charge in [0.1, 0.15) is 5.82 Å². The second-order valence-electron chi connectivity index (χ2n) is 10.2. The van der Waals surface area contributed by atoms with Gasteiger partial charge in [0.25, 0.3) is 5.56 Å². The number of carbonyl (C=O) groups is 1. The van der Waals surface area contributed by atoms with E-state index in [1.807, 2.05) is 37.3 Å². The van der Waals surface area contributed by atoms with Crippen LogP contribution < -0.4 is 10.9 Å². The number of nitrogens with zero attached hydrogens (tertiary/aromatic N) is 1. The zero-order chi connectivity index (χ0) is 24.0. The number of H-pyrrole nitrogens is 1. The Balaban J connectivity index is 1.58. The van der Waals surface area contributed by atoms with Gasteiger partial charge in [0.2, 0.25) is 0 Å². The fourth-order valence-corrected chi connectivity index (χ4v) is 5.81. The van der Waals surface area contributed by atoms with Gasteiger partial charge in [-0.05, 0) is 36.8 Å². The van der Waals surface area contributed by atoms with Crippen LogP contribution in [0.1, 0.15) is 60.4 Å². The van der Waals surface area contributed by atoms with Crippen LogP contribution >= 0.6 is 11.8 Å². The Hall–Kier alpha value is -3.12. The van der Waals surface area contributed by atoms with Gasteiger partial charge in [-0.3, -0.25) is 9.59 Å². The van der Waals surface area contributed by atoms with Crippen molar-refractivity contribution in [2.45, 2.75) is 57.4 Å². The van der Waals surface area contributed by atoms with Crippen LogP contribution in [0.4, 0.5) is 5.82 Å². The van der Waals surface area contributed by atoms with E-state index < -0.39 is 5.92 Å². The number of hydrogen-bond donors (Lipinski definition) is 2. The summed E-state index contributed by atoms with van der Waals surface area (Å²) in [6.45, 7) is 8.33. The van der Waals surface area contributed by atoms with E-state index >= 15 is 0 Å². The summed E-state index contributed by atoms with van der Waals surface area (Å²) < 4.78 is 0. The fourth-order valence-electron chi connectivity index (χ4n) is 5.01. The maximum Gasteiger partial charge on any atom is 0.257 e. The number of hydrogen-bond acceptors (Lipinski definition) is 5. The molecule has 0 bridgehead atoms. The van der Waals surface area contributed by atoms with E-state index in [0.29, 0.717) is 34.3 Å². The Kier molecular flexibility index (Phi) is 5.72. The molecule has 0 saturated carbocycles. The molecule has 2 N–H and O–H groups in total. The SMILES string of the molecule is Cc1ccc(C2C3=C(CC(C)(C)CC3=O)Nc3nc(SCc4cccc(C)c4)[nH]c(=O)c32)cc1. The Morgan fingerprint density at radius 1 is 1.03 bits per heavy atom. The van der Waals surface area contributed by atoms with Gasteiger partial charge in [0, 0.05) is 29.4 Å². The van der Waals surface area contributed by atoms with Crippen molar-refractivity contribution in [2.75, 3.05) is 5.32 Å². The lowest BCUT2D eigenvalue weighted by molar-refractivity contribution is -0.118. The summed E-state index contributed by atoms with van der Waals surface area (Å²) in [5.74, 6) is 0.963. The maximum absolute atomic E-state index is 13.4. The van der Waals surface area contributed by atoms with Crippen molar-refractivity contribution >= 4 is 23.4 Å². The van der Waals surface area contributed by atoms with Crippen LogP contribution in [-0.4, -0.2) is 15.8 Å². The molecule has 0 radical (unpaired) electrons. The first-order valence-electron chi connectivity index (χ1n) is 11.6. The quantitative estimate of drug-likeness (QED) is 0.367. The maximum atomic E-state index is 13.4. The van der Waals surface area contributed by atoms with Crippen LogP contribution in [-0.2, 0) is 10.5 Å². The molecule has 1 aliphatic carbocycles. The second-order valence-corrected chi connectivity index (χ2v) is 11.2. The molecule has 34 heavy (non-hydrogen) atoms. The van der Waals surface area contributed by atoms with Crippen LogP contribution in [0.5, 0.6) is 0 Å². The third kappa shape index (κ3) is 4.34. The highest BCUT2D eigenvalue weighted by molar-refractivity contribution is 7.98. The topological polar surface area (TPSA) is 74.8 Å². The number of aromatic nitrogens is 2. The minimum atomic E-state index is -0.414. The second kappa shape index (κ2) is 8.58. The van der Waals surface area contributed by atoms with Crippen LogP contribution in [0.3, 0.4) is 0 Å². The van der Waals surface area contributed by atoms with E-state index in [1.165, 1.54) is 22.9 Å². The van der Waals surface area contributed by atoms with Crippen LogP contribution in [0.25, 0.3) is 0 Å². The standard InChI is InChI=1S/C28H29N3O2S/c1-16-8-10-19(11-9-16)22-23-20(13-28(3,4)14-21(23)32)29-25-24(22)26(33)31-27(30-25)34-15-18-7-5-6-17(2)12-18/h5-12,22H,13-15H2,1-4H3,(H2,29,30,31,33). The molecule has 0 fully saturated rings. The number of Topliss-reactive ketones (excluding diaryl/α,β-unsaturated/α-hetero) is 1. The van der Waals surface area contributed by atoms with E-state index in [-0.39, 0.29) is 16.8 Å². The smallest absolute Gasteiger partial charge is 0.257 e. The van der Waals surface area contributed by atoms with Crippen LogP contribution in [0.2, 0.25) is 0 Å². The van der Waals surface area contributed by atoms with Crippen molar-refractivity contribution in [3.8, 4) is 0 Å². The molecule has 1 aromatic heterocycles. The molecule has 1 unspecified atom stereocenters. The third-order valence-corrected chi connectivity index (χ3v) is 7.51. The average Bonchev–Trinajstić information content (AvgIpc) is 2.76. The van der Waals surface area contributed by atoms with Crippen molar-refractivity contribution < 1.29 is 4.79 Å². The van der Waals surface area contributed by atoms with Crippen molar-refractivity contribution in [2.24, 2.45) is 5.41 Å². The fraction of sp³-hybridized carbons (Fsp3) is 0.321. The summed E-state index contributed by atoms with van der Waals surface area (Å²) in [6, 6.07) is 16.4. The molecule has 2 aliphatic rings. The number of nitrogens with one attached hydrogen (secondary N) is 2. The molecule has 2 heterocycles. The zero-order valence-corrected chi connectivity index (χ0v) is 20.8. The first kappa shape index (κ1) is 22.7. The highest BCUT2D eigenvalue weighted by Crippen LogP contribution is 2.47. The molecule has 1 atom stereocenters. The lowest BCUT2D eigenvalue weighted by Crippen LogP contribution is -2.37. The Morgan fingerprint density at radius 3 is 2.53 bits per heavy atom. The summed E-state index contributed by atoms with van der Waals surface area (Å²) in [4.78, 5) is 34.6. The summed E-state index contributed by atoms with van der Waals surface area (Å²) in [5.41, 5.74) is 6.27. The summed E-state index contributed by atoms with van der Waals surface area (Å²) in [5, 5.41) is 3.97. The number of rotatable bonds is 4. The largest absolute Gasteiger partial charge is 0.343 e. The molecular weight excluding hydrogens is 442 g/mol. The molecule has 3 aromatic rings. The summed E-state index contributed by atoms with van der Waals surface area (Å²) >= 11 is 1.51. The van der Waals surface area contributed by atoms with Gasteiger partial charge in [0.15, 0.2) is 10.9 Å². The van der Waals surface area contributed by atoms with Crippen molar-refractivity contribution in [3.63, 3.8) is 0 Å².